The molecule has 1 aromatic rings. The minimum Gasteiger partial charge on any atom is -0.411 e. The first-order valence-corrected chi connectivity index (χ1v) is 6.38. The van der Waals surface area contributed by atoms with Crippen LogP contribution in [-0.2, 0) is 9.84 Å². The van der Waals surface area contributed by atoms with Crippen LogP contribution in [0.15, 0.2) is 35.5 Å². The molecule has 1 aromatic carbocycles. The van der Waals surface area contributed by atoms with Gasteiger partial charge in [-0.2, -0.15) is 0 Å². The number of oxime groups is 1. The highest BCUT2D eigenvalue weighted by Crippen LogP contribution is 2.04. The fourth-order valence-electron chi connectivity index (χ4n) is 1.11. The third-order valence-corrected chi connectivity index (χ3v) is 3.62. The van der Waals surface area contributed by atoms with E-state index in [0.29, 0.717) is 5.56 Å². The topological polar surface area (TPSA) is 66.7 Å². The zero-order valence-corrected chi connectivity index (χ0v) is 9.24. The summed E-state index contributed by atoms with van der Waals surface area (Å²) in [5, 5.41) is 11.8. The van der Waals surface area contributed by atoms with Gasteiger partial charge < -0.3 is 5.21 Å². The highest BCUT2D eigenvalue weighted by atomic mass is 32.2. The second-order valence-corrected chi connectivity index (χ2v) is 5.44. The first-order chi connectivity index (χ1) is 7.09. The monoisotopic (exact) mass is 227 g/mol. The Hall–Kier alpha value is -1.36. The molecule has 82 valence electrons. The van der Waals surface area contributed by atoms with Crippen LogP contribution < -0.4 is 0 Å². The van der Waals surface area contributed by atoms with Crippen molar-refractivity contribution in [2.45, 2.75) is 6.92 Å². The van der Waals surface area contributed by atoms with E-state index in [1.807, 2.05) is 6.07 Å². The van der Waals surface area contributed by atoms with Crippen LogP contribution in [0.4, 0.5) is 0 Å². The van der Waals surface area contributed by atoms with Crippen LogP contribution in [0.25, 0.3) is 0 Å². The Bertz CT molecular complexity index is 437. The minimum absolute atomic E-state index is 0.0405. The number of hydrogen-bond acceptors (Lipinski definition) is 4. The van der Waals surface area contributed by atoms with Crippen LogP contribution in [0.2, 0.25) is 0 Å². The lowest BCUT2D eigenvalue weighted by Gasteiger charge is -2.04. The molecule has 4 nitrogen and oxygen atoms in total. The lowest BCUT2D eigenvalue weighted by atomic mass is 10.1. The molecule has 0 saturated carbocycles. The second-order valence-electron chi connectivity index (χ2n) is 3.09. The Balaban J connectivity index is 2.94. The molecule has 0 aromatic heterocycles. The van der Waals surface area contributed by atoms with E-state index in [1.165, 1.54) is 0 Å². The maximum absolute atomic E-state index is 11.3. The van der Waals surface area contributed by atoms with Crippen LogP contribution in [0.5, 0.6) is 0 Å². The van der Waals surface area contributed by atoms with Gasteiger partial charge in [0, 0.05) is 11.3 Å². The van der Waals surface area contributed by atoms with Gasteiger partial charge in [0.1, 0.15) is 5.71 Å². The predicted molar refractivity (Wildman–Crippen MR) is 59.1 cm³/mol. The van der Waals surface area contributed by atoms with Crippen molar-refractivity contribution in [2.24, 2.45) is 5.16 Å². The molecule has 1 rings (SSSR count). The van der Waals surface area contributed by atoms with Gasteiger partial charge in [-0.15, -0.1) is 0 Å². The molecule has 0 atom stereocenters. The maximum atomic E-state index is 11.3. The first kappa shape index (κ1) is 11.7. The molecule has 1 N–H and O–H groups in total. The van der Waals surface area contributed by atoms with Crippen LogP contribution >= 0.6 is 0 Å². The minimum atomic E-state index is -3.17. The van der Waals surface area contributed by atoms with Gasteiger partial charge in [0.15, 0.2) is 9.84 Å². The van der Waals surface area contributed by atoms with Gasteiger partial charge in [0.05, 0.1) is 5.75 Å². The van der Waals surface area contributed by atoms with Crippen molar-refractivity contribution in [3.05, 3.63) is 35.9 Å². The fraction of sp³-hybridized carbons (Fsp3) is 0.300. The highest BCUT2D eigenvalue weighted by Gasteiger charge is 2.14. The zero-order valence-electron chi connectivity index (χ0n) is 8.42. The van der Waals surface area contributed by atoms with Crippen LogP contribution in [0.3, 0.4) is 0 Å². The number of nitrogens with zero attached hydrogens (tertiary/aromatic N) is 1. The lowest BCUT2D eigenvalue weighted by Crippen LogP contribution is -2.18. The number of rotatable bonds is 4. The van der Waals surface area contributed by atoms with Crippen molar-refractivity contribution < 1.29 is 13.6 Å². The molecule has 0 fully saturated rings. The smallest absolute Gasteiger partial charge is 0.155 e. The summed E-state index contributed by atoms with van der Waals surface area (Å²) in [5.41, 5.74) is 0.800. The van der Waals surface area contributed by atoms with E-state index in [9.17, 15) is 8.42 Å². The maximum Gasteiger partial charge on any atom is 0.155 e. The Labute approximate surface area is 89.2 Å². The summed E-state index contributed by atoms with van der Waals surface area (Å²) in [4.78, 5) is 0. The Morgan fingerprint density at radius 3 is 2.40 bits per heavy atom. The summed E-state index contributed by atoms with van der Waals surface area (Å²) < 4.78 is 22.7. The van der Waals surface area contributed by atoms with Crippen LogP contribution in [-0.4, -0.2) is 30.8 Å². The standard InChI is InChI=1S/C10H13NO3S/c1-2-15(13,14)8-10(11-12)9-6-4-3-5-7-9/h3-7,12H,2,8H2,1H3/b11-10+. The molecule has 0 heterocycles. The molecular formula is C10H13NO3S. The summed E-state index contributed by atoms with van der Waals surface area (Å²) in [5.74, 6) is -0.192. The van der Waals surface area contributed by atoms with Crippen molar-refractivity contribution in [1.82, 2.24) is 0 Å². The third-order valence-electron chi connectivity index (χ3n) is 2.02. The van der Waals surface area contributed by atoms with Gasteiger partial charge in [-0.05, 0) is 0 Å². The summed E-state index contributed by atoms with van der Waals surface area (Å²) >= 11 is 0. The van der Waals surface area contributed by atoms with Crippen LogP contribution in [0, 0.1) is 0 Å². The summed E-state index contributed by atoms with van der Waals surface area (Å²) in [7, 11) is -3.17. The molecule has 0 aliphatic rings. The average Bonchev–Trinajstić information content (AvgIpc) is 2.27. The van der Waals surface area contributed by atoms with Crippen molar-refractivity contribution in [2.75, 3.05) is 11.5 Å². The van der Waals surface area contributed by atoms with E-state index >= 15 is 0 Å². The van der Waals surface area contributed by atoms with Crippen molar-refractivity contribution >= 4 is 15.5 Å². The first-order valence-electron chi connectivity index (χ1n) is 4.56. The van der Waals surface area contributed by atoms with E-state index in [0.717, 1.165) is 0 Å². The number of sulfone groups is 1. The van der Waals surface area contributed by atoms with Crippen molar-refractivity contribution in [3.63, 3.8) is 0 Å². The molecule has 0 radical (unpaired) electrons. The van der Waals surface area contributed by atoms with E-state index < -0.39 is 9.84 Å². The fourth-order valence-corrected chi connectivity index (χ4v) is 1.96. The van der Waals surface area contributed by atoms with E-state index in [4.69, 9.17) is 5.21 Å². The lowest BCUT2D eigenvalue weighted by molar-refractivity contribution is 0.319. The van der Waals surface area contributed by atoms with Gasteiger partial charge in [-0.3, -0.25) is 0 Å². The largest absolute Gasteiger partial charge is 0.411 e. The molecule has 15 heavy (non-hydrogen) atoms. The number of benzene rings is 1. The summed E-state index contributed by atoms with van der Waals surface area (Å²) in [6.45, 7) is 1.56. The van der Waals surface area contributed by atoms with Gasteiger partial charge in [-0.25, -0.2) is 8.42 Å². The highest BCUT2D eigenvalue weighted by molar-refractivity contribution is 7.92. The quantitative estimate of drug-likeness (QED) is 0.479. The van der Waals surface area contributed by atoms with E-state index in [2.05, 4.69) is 5.16 Å². The van der Waals surface area contributed by atoms with Gasteiger partial charge >= 0.3 is 0 Å². The third kappa shape index (κ3) is 3.36. The normalized spacial score (nSPS) is 12.7. The molecule has 0 aliphatic carbocycles. The second kappa shape index (κ2) is 4.93. The number of hydrogen-bond donors (Lipinski definition) is 1. The Morgan fingerprint density at radius 1 is 1.33 bits per heavy atom. The van der Waals surface area contributed by atoms with Crippen LogP contribution in [0.1, 0.15) is 12.5 Å². The molecule has 0 bridgehead atoms. The Kier molecular flexibility index (Phi) is 3.85. The van der Waals surface area contributed by atoms with Gasteiger partial charge in [0.2, 0.25) is 0 Å². The molecule has 5 heteroatoms. The molecule has 0 aliphatic heterocycles. The summed E-state index contributed by atoms with van der Waals surface area (Å²) in [6, 6.07) is 8.76. The SMILES string of the molecule is CCS(=O)(=O)C/C(=N\O)c1ccccc1. The predicted octanol–water partition coefficient (Wildman–Crippen LogP) is 1.30. The van der Waals surface area contributed by atoms with Crippen molar-refractivity contribution in [1.29, 1.82) is 0 Å². The average molecular weight is 227 g/mol. The van der Waals surface area contributed by atoms with Gasteiger partial charge in [0.25, 0.3) is 0 Å². The molecule has 0 spiro atoms. The Morgan fingerprint density at radius 2 is 1.93 bits per heavy atom. The molecular weight excluding hydrogens is 214 g/mol. The molecule has 0 saturated heterocycles. The van der Waals surface area contributed by atoms with E-state index in [1.54, 1.807) is 31.2 Å². The van der Waals surface area contributed by atoms with E-state index in [-0.39, 0.29) is 17.2 Å². The summed E-state index contributed by atoms with van der Waals surface area (Å²) in [6.07, 6.45) is 0. The molecule has 0 amide bonds. The molecule has 0 unspecified atom stereocenters. The van der Waals surface area contributed by atoms with Gasteiger partial charge in [-0.1, -0.05) is 42.4 Å². The van der Waals surface area contributed by atoms with Crippen molar-refractivity contribution in [3.8, 4) is 0 Å². The zero-order chi connectivity index (χ0) is 11.3.